The first kappa shape index (κ1) is 29.9. The van der Waals surface area contributed by atoms with Crippen LogP contribution >= 0.6 is 39.1 Å². The van der Waals surface area contributed by atoms with Gasteiger partial charge in [0.15, 0.2) is 5.78 Å². The largest absolute Gasteiger partial charge is 0.423 e. The smallest absolute Gasteiger partial charge is 0.343 e. The topological polar surface area (TPSA) is 101 Å². The van der Waals surface area contributed by atoms with Gasteiger partial charge in [0.1, 0.15) is 12.3 Å². The van der Waals surface area contributed by atoms with Crippen molar-refractivity contribution in [1.29, 1.82) is 0 Å². The van der Waals surface area contributed by atoms with Gasteiger partial charge < -0.3 is 4.74 Å². The summed E-state index contributed by atoms with van der Waals surface area (Å²) in [6.07, 6.45) is 1.86. The number of nitrogens with zero attached hydrogens (tertiary/aromatic N) is 2. The second-order valence-corrected chi connectivity index (χ2v) is 12.2. The Kier molecular flexibility index (Phi) is 8.82. The lowest BCUT2D eigenvalue weighted by Crippen LogP contribution is -2.52. The Morgan fingerprint density at radius 2 is 1.55 bits per heavy atom. The van der Waals surface area contributed by atoms with E-state index in [4.69, 9.17) is 27.9 Å². The van der Waals surface area contributed by atoms with Gasteiger partial charge in [0.05, 0.1) is 28.0 Å². The molecule has 0 radical (unpaired) electrons. The number of ether oxygens (including phenoxy) is 1. The number of carbonyl (C=O) groups is 5. The number of amides is 3. The average Bonchev–Trinajstić information content (AvgIpc) is 3.20. The molecular weight excluding hydrogens is 647 g/mol. The Balaban J connectivity index is 1.39. The molecule has 3 aromatic carbocycles. The quantitative estimate of drug-likeness (QED) is 0.121. The summed E-state index contributed by atoms with van der Waals surface area (Å²) in [7, 11) is 0. The van der Waals surface area contributed by atoms with Crippen LogP contribution in [0.25, 0.3) is 0 Å². The van der Waals surface area contributed by atoms with E-state index in [1.807, 2.05) is 6.92 Å². The van der Waals surface area contributed by atoms with E-state index < -0.39 is 47.9 Å². The molecule has 5 rings (SSSR count). The normalized spacial score (nSPS) is 19.8. The van der Waals surface area contributed by atoms with Crippen molar-refractivity contribution in [3.05, 3.63) is 97.9 Å². The van der Waals surface area contributed by atoms with Crippen LogP contribution in [0.5, 0.6) is 5.75 Å². The molecule has 0 aromatic heterocycles. The molecule has 1 heterocycles. The van der Waals surface area contributed by atoms with Gasteiger partial charge in [0.25, 0.3) is 17.7 Å². The molecular formula is C31H25BrCl2N2O6. The van der Waals surface area contributed by atoms with Gasteiger partial charge in [-0.15, -0.1) is 0 Å². The van der Waals surface area contributed by atoms with E-state index in [-0.39, 0.29) is 27.8 Å². The molecule has 2 fully saturated rings. The predicted octanol–water partition coefficient (Wildman–Crippen LogP) is 6.64. The lowest BCUT2D eigenvalue weighted by Gasteiger charge is -2.30. The fourth-order valence-electron chi connectivity index (χ4n) is 5.33. The fourth-order valence-corrected chi connectivity index (χ4v) is 6.09. The van der Waals surface area contributed by atoms with Crippen LogP contribution in [-0.4, -0.2) is 46.0 Å². The van der Waals surface area contributed by atoms with Crippen molar-refractivity contribution in [1.82, 2.24) is 10.0 Å². The van der Waals surface area contributed by atoms with Crippen LogP contribution in [0.15, 0.2) is 71.2 Å². The van der Waals surface area contributed by atoms with Crippen molar-refractivity contribution < 1.29 is 28.7 Å². The van der Waals surface area contributed by atoms with Gasteiger partial charge in [0, 0.05) is 15.1 Å². The van der Waals surface area contributed by atoms with Crippen molar-refractivity contribution in [3.63, 3.8) is 0 Å². The number of ketones is 1. The lowest BCUT2D eigenvalue weighted by molar-refractivity contribution is -0.154. The summed E-state index contributed by atoms with van der Waals surface area (Å²) >= 11 is 15.6. The van der Waals surface area contributed by atoms with Crippen molar-refractivity contribution in [2.75, 3.05) is 6.54 Å². The maximum absolute atomic E-state index is 13.8. The molecule has 3 atom stereocenters. The summed E-state index contributed by atoms with van der Waals surface area (Å²) in [6.45, 7) is 1.43. The average molecular weight is 672 g/mol. The van der Waals surface area contributed by atoms with Gasteiger partial charge in [-0.25, -0.2) is 9.80 Å². The van der Waals surface area contributed by atoms with E-state index in [9.17, 15) is 24.0 Å². The summed E-state index contributed by atoms with van der Waals surface area (Å²) in [4.78, 5) is 66.6. The van der Waals surface area contributed by atoms with E-state index in [0.717, 1.165) is 20.9 Å². The number of halogens is 3. The third kappa shape index (κ3) is 6.14. The maximum Gasteiger partial charge on any atom is 0.343 e. The number of esters is 1. The van der Waals surface area contributed by atoms with Crippen molar-refractivity contribution in [2.24, 2.45) is 17.8 Å². The first-order valence-electron chi connectivity index (χ1n) is 13.3. The Morgan fingerprint density at radius 3 is 2.21 bits per heavy atom. The van der Waals surface area contributed by atoms with Crippen molar-refractivity contribution in [3.8, 4) is 5.75 Å². The van der Waals surface area contributed by atoms with Gasteiger partial charge in [-0.1, -0.05) is 46.1 Å². The molecule has 8 nitrogen and oxygen atoms in total. The molecule has 1 aliphatic carbocycles. The summed E-state index contributed by atoms with van der Waals surface area (Å²) in [5, 5.41) is 2.03. The Bertz CT molecular complexity index is 1580. The molecule has 0 bridgehead atoms. The summed E-state index contributed by atoms with van der Waals surface area (Å²) in [5.41, 5.74) is 0.528. The molecule has 3 aromatic rings. The minimum Gasteiger partial charge on any atom is -0.423 e. The van der Waals surface area contributed by atoms with Crippen LogP contribution in [0.3, 0.4) is 0 Å². The lowest BCUT2D eigenvalue weighted by atomic mass is 9.76. The number of Topliss-reactive ketones (excluding diaryl/α,β-unsaturated/α-hetero) is 1. The maximum atomic E-state index is 13.8. The second-order valence-electron chi connectivity index (χ2n) is 10.5. The highest BCUT2D eigenvalue weighted by Gasteiger charge is 2.53. The number of hydrazine groups is 1. The first-order valence-corrected chi connectivity index (χ1v) is 14.8. The van der Waals surface area contributed by atoms with E-state index in [1.54, 1.807) is 24.3 Å². The first-order chi connectivity index (χ1) is 20.0. The Labute approximate surface area is 260 Å². The Morgan fingerprint density at radius 1 is 0.905 bits per heavy atom. The van der Waals surface area contributed by atoms with Crippen molar-refractivity contribution in [2.45, 2.75) is 26.2 Å². The third-order valence-corrected chi connectivity index (χ3v) is 8.64. The van der Waals surface area contributed by atoms with Gasteiger partial charge in [0.2, 0.25) is 0 Å². The van der Waals surface area contributed by atoms with Crippen LogP contribution in [0.1, 0.15) is 57.3 Å². The monoisotopic (exact) mass is 670 g/mol. The molecule has 0 N–H and O–H groups in total. The minimum absolute atomic E-state index is 0.00657. The summed E-state index contributed by atoms with van der Waals surface area (Å²) < 4.78 is 6.21. The summed E-state index contributed by atoms with van der Waals surface area (Å²) in [6, 6.07) is 16.7. The van der Waals surface area contributed by atoms with Crippen LogP contribution < -0.4 is 4.74 Å². The molecule has 11 heteroatoms. The number of imide groups is 1. The number of carbonyl (C=O) groups excluding carboxylic acids is 5. The molecule has 1 saturated carbocycles. The third-order valence-electron chi connectivity index (χ3n) is 7.56. The van der Waals surface area contributed by atoms with Gasteiger partial charge in [-0.05, 0) is 91.9 Å². The van der Waals surface area contributed by atoms with E-state index in [2.05, 4.69) is 15.9 Å². The number of rotatable bonds is 7. The molecule has 0 unspecified atom stereocenters. The van der Waals surface area contributed by atoms with Crippen LogP contribution in [0.4, 0.5) is 0 Å². The van der Waals surface area contributed by atoms with E-state index in [0.29, 0.717) is 23.4 Å². The molecule has 1 saturated heterocycles. The van der Waals surface area contributed by atoms with E-state index >= 15 is 0 Å². The van der Waals surface area contributed by atoms with Crippen molar-refractivity contribution >= 4 is 68.6 Å². The molecule has 1 aliphatic heterocycles. The highest BCUT2D eigenvalue weighted by Crippen LogP contribution is 2.41. The minimum atomic E-state index is -0.779. The molecule has 0 spiro atoms. The standard InChI is InChI=1S/C31H25BrCl2N2O6/c1-17-2-12-23-25(14-17)30(40)36(29(23)39)35(28(38)24-13-9-21(33)15-26(24)34)16-27(37)18-5-10-22(11-6-18)42-31(41)19-3-7-20(32)8-4-19/h3-11,13,15,17,23,25H,2,12,14,16H2,1H3/t17-,23-,25-/m1/s1. The summed E-state index contributed by atoms with van der Waals surface area (Å²) in [5.74, 6) is -3.51. The van der Waals surface area contributed by atoms with Crippen LogP contribution in [0, 0.1) is 17.8 Å². The van der Waals surface area contributed by atoms with Gasteiger partial charge >= 0.3 is 5.97 Å². The zero-order valence-corrected chi connectivity index (χ0v) is 25.5. The van der Waals surface area contributed by atoms with Gasteiger partial charge in [-0.2, -0.15) is 5.01 Å². The van der Waals surface area contributed by atoms with E-state index in [1.165, 1.54) is 42.5 Å². The fraction of sp³-hybridized carbons (Fsp3) is 0.258. The van der Waals surface area contributed by atoms with Gasteiger partial charge in [-0.3, -0.25) is 19.2 Å². The van der Waals surface area contributed by atoms with Crippen LogP contribution in [-0.2, 0) is 9.59 Å². The predicted molar refractivity (Wildman–Crippen MR) is 159 cm³/mol. The SMILES string of the molecule is C[C@@H]1CC[C@H]2C(=O)N(N(CC(=O)c3ccc(OC(=O)c4ccc(Br)cc4)cc3)C(=O)c3ccc(Cl)cc3Cl)C(=O)[C@@H]2C1. The highest BCUT2D eigenvalue weighted by molar-refractivity contribution is 9.10. The zero-order valence-electron chi connectivity index (χ0n) is 22.4. The molecule has 42 heavy (non-hydrogen) atoms. The van der Waals surface area contributed by atoms with Crippen LogP contribution in [0.2, 0.25) is 10.0 Å². The number of hydrogen-bond acceptors (Lipinski definition) is 6. The zero-order chi connectivity index (χ0) is 30.1. The molecule has 2 aliphatic rings. The molecule has 3 amide bonds. The highest BCUT2D eigenvalue weighted by atomic mass is 79.9. The number of fused-ring (bicyclic) bond motifs is 1. The number of benzene rings is 3. The second kappa shape index (κ2) is 12.4. The number of hydrogen-bond donors (Lipinski definition) is 0. The molecule has 216 valence electrons. The Hall–Kier alpha value is -3.53.